The Balaban J connectivity index is 2.01. The van der Waals surface area contributed by atoms with Crippen molar-refractivity contribution in [3.8, 4) is 0 Å². The van der Waals surface area contributed by atoms with Gasteiger partial charge in [-0.2, -0.15) is 0 Å². The van der Waals surface area contributed by atoms with Crippen molar-refractivity contribution in [1.82, 2.24) is 0 Å². The Kier molecular flexibility index (Phi) is 5.26. The van der Waals surface area contributed by atoms with Crippen LogP contribution in [0.3, 0.4) is 0 Å². The second-order valence-electron chi connectivity index (χ2n) is 5.42. The number of rotatable bonds is 7. The largest absolute Gasteiger partial charge is 0.481 e. The summed E-state index contributed by atoms with van der Waals surface area (Å²) in [6, 6.07) is 0. The van der Waals surface area contributed by atoms with Gasteiger partial charge in [0.25, 0.3) is 0 Å². The van der Waals surface area contributed by atoms with Crippen molar-refractivity contribution in [2.24, 2.45) is 5.41 Å². The normalized spacial score (nSPS) is 17.9. The predicted molar refractivity (Wildman–Crippen MR) is 63.5 cm³/mol. The Morgan fingerprint density at radius 1 is 1.31 bits per heavy atom. The highest BCUT2D eigenvalue weighted by Crippen LogP contribution is 2.24. The van der Waals surface area contributed by atoms with E-state index in [4.69, 9.17) is 9.84 Å². The summed E-state index contributed by atoms with van der Waals surface area (Å²) in [7, 11) is 0. The summed E-state index contributed by atoms with van der Waals surface area (Å²) in [4.78, 5) is 10.9. The Labute approximate surface area is 98.2 Å². The van der Waals surface area contributed by atoms with Crippen LogP contribution in [-0.2, 0) is 9.53 Å². The van der Waals surface area contributed by atoms with E-state index in [1.807, 2.05) is 0 Å². The van der Waals surface area contributed by atoms with Crippen LogP contribution in [0.2, 0.25) is 0 Å². The van der Waals surface area contributed by atoms with Crippen LogP contribution in [0, 0.1) is 5.41 Å². The molecule has 0 radical (unpaired) electrons. The Morgan fingerprint density at radius 2 is 1.94 bits per heavy atom. The second-order valence-corrected chi connectivity index (χ2v) is 5.42. The maximum Gasteiger partial charge on any atom is 0.309 e. The molecule has 1 N–H and O–H groups in total. The van der Waals surface area contributed by atoms with Crippen molar-refractivity contribution in [1.29, 1.82) is 0 Å². The van der Waals surface area contributed by atoms with Crippen molar-refractivity contribution in [2.75, 3.05) is 6.61 Å². The van der Waals surface area contributed by atoms with Crippen LogP contribution in [0.4, 0.5) is 0 Å². The lowest BCUT2D eigenvalue weighted by Crippen LogP contribution is -2.23. The predicted octanol–water partition coefficient (Wildman–Crippen LogP) is 3.23. The van der Waals surface area contributed by atoms with Gasteiger partial charge in [0.2, 0.25) is 0 Å². The Bertz CT molecular complexity index is 217. The van der Waals surface area contributed by atoms with Gasteiger partial charge in [-0.1, -0.05) is 19.3 Å². The zero-order chi connectivity index (χ0) is 12.0. The minimum Gasteiger partial charge on any atom is -0.481 e. The molecule has 0 aromatic heterocycles. The van der Waals surface area contributed by atoms with Crippen LogP contribution in [0.5, 0.6) is 0 Å². The van der Waals surface area contributed by atoms with Crippen LogP contribution in [0.25, 0.3) is 0 Å². The number of hydrogen-bond acceptors (Lipinski definition) is 2. The van der Waals surface area contributed by atoms with Crippen molar-refractivity contribution >= 4 is 5.97 Å². The van der Waals surface area contributed by atoms with Crippen LogP contribution in [-0.4, -0.2) is 23.8 Å². The van der Waals surface area contributed by atoms with Crippen molar-refractivity contribution in [2.45, 2.75) is 64.9 Å². The van der Waals surface area contributed by atoms with E-state index in [0.29, 0.717) is 6.10 Å². The van der Waals surface area contributed by atoms with Crippen LogP contribution in [0.1, 0.15) is 58.8 Å². The zero-order valence-electron chi connectivity index (χ0n) is 10.5. The van der Waals surface area contributed by atoms with Gasteiger partial charge in [0.1, 0.15) is 0 Å². The summed E-state index contributed by atoms with van der Waals surface area (Å²) in [5.41, 5.74) is -0.590. The molecule has 1 saturated carbocycles. The molecule has 0 heterocycles. The van der Waals surface area contributed by atoms with E-state index in [9.17, 15) is 4.79 Å². The van der Waals surface area contributed by atoms with E-state index in [0.717, 1.165) is 25.9 Å². The van der Waals surface area contributed by atoms with Crippen LogP contribution >= 0.6 is 0 Å². The number of aliphatic carboxylic acids is 1. The minimum atomic E-state index is -0.704. The molecule has 0 unspecified atom stereocenters. The molecule has 0 amide bonds. The molecule has 1 aliphatic carbocycles. The van der Waals surface area contributed by atoms with Gasteiger partial charge in [-0.05, 0) is 39.5 Å². The van der Waals surface area contributed by atoms with E-state index < -0.39 is 11.4 Å². The molecule has 3 nitrogen and oxygen atoms in total. The summed E-state index contributed by atoms with van der Waals surface area (Å²) in [5.74, 6) is -0.704. The lowest BCUT2D eigenvalue weighted by atomic mass is 9.87. The van der Waals surface area contributed by atoms with Gasteiger partial charge in [-0.15, -0.1) is 0 Å². The average molecular weight is 228 g/mol. The van der Waals surface area contributed by atoms with Crippen molar-refractivity contribution in [3.63, 3.8) is 0 Å². The highest BCUT2D eigenvalue weighted by molar-refractivity contribution is 5.73. The molecule has 0 saturated heterocycles. The fourth-order valence-electron chi connectivity index (χ4n) is 2.08. The topological polar surface area (TPSA) is 46.5 Å². The first-order chi connectivity index (χ1) is 7.52. The van der Waals surface area contributed by atoms with E-state index >= 15 is 0 Å². The van der Waals surface area contributed by atoms with Gasteiger partial charge in [0.05, 0.1) is 11.5 Å². The van der Waals surface area contributed by atoms with Gasteiger partial charge in [-0.3, -0.25) is 4.79 Å². The van der Waals surface area contributed by atoms with Crippen LogP contribution in [0.15, 0.2) is 0 Å². The number of carboxylic acid groups (broad SMARTS) is 1. The van der Waals surface area contributed by atoms with E-state index in [2.05, 4.69) is 0 Å². The van der Waals surface area contributed by atoms with Crippen molar-refractivity contribution < 1.29 is 14.6 Å². The number of carboxylic acids is 1. The first-order valence-corrected chi connectivity index (χ1v) is 6.37. The number of carbonyl (C=O) groups is 1. The van der Waals surface area contributed by atoms with E-state index in [1.165, 1.54) is 25.7 Å². The van der Waals surface area contributed by atoms with E-state index in [-0.39, 0.29) is 0 Å². The lowest BCUT2D eigenvalue weighted by molar-refractivity contribution is -0.147. The standard InChI is InChI=1S/C13H24O3/c1-13(2,12(14)15)9-5-6-10-16-11-7-3-4-8-11/h11H,3-10H2,1-2H3,(H,14,15). The maximum atomic E-state index is 10.9. The highest BCUT2D eigenvalue weighted by atomic mass is 16.5. The molecule has 1 fully saturated rings. The van der Waals surface area contributed by atoms with Gasteiger partial charge in [-0.25, -0.2) is 0 Å². The SMILES string of the molecule is CC(C)(CCCCOC1CCCC1)C(=O)O. The monoisotopic (exact) mass is 228 g/mol. The average Bonchev–Trinajstić information content (AvgIpc) is 2.69. The molecule has 94 valence electrons. The molecule has 0 atom stereocenters. The number of hydrogen-bond donors (Lipinski definition) is 1. The van der Waals surface area contributed by atoms with E-state index in [1.54, 1.807) is 13.8 Å². The molecule has 0 spiro atoms. The first-order valence-electron chi connectivity index (χ1n) is 6.37. The number of unbranched alkanes of at least 4 members (excludes halogenated alkanes) is 1. The molecule has 0 bridgehead atoms. The first kappa shape index (κ1) is 13.5. The van der Waals surface area contributed by atoms with Gasteiger partial charge >= 0.3 is 5.97 Å². The Hall–Kier alpha value is -0.570. The highest BCUT2D eigenvalue weighted by Gasteiger charge is 2.26. The summed E-state index contributed by atoms with van der Waals surface area (Å²) in [6.45, 7) is 4.36. The molecule has 0 aliphatic heterocycles. The molecular weight excluding hydrogens is 204 g/mol. The fraction of sp³-hybridized carbons (Fsp3) is 0.923. The summed E-state index contributed by atoms with van der Waals surface area (Å²) in [5, 5.41) is 8.94. The smallest absolute Gasteiger partial charge is 0.309 e. The Morgan fingerprint density at radius 3 is 2.50 bits per heavy atom. The van der Waals surface area contributed by atoms with Crippen LogP contribution < -0.4 is 0 Å². The zero-order valence-corrected chi connectivity index (χ0v) is 10.5. The summed E-state index contributed by atoms with van der Waals surface area (Å²) in [6.07, 6.45) is 8.15. The summed E-state index contributed by atoms with van der Waals surface area (Å²) < 4.78 is 5.73. The molecule has 16 heavy (non-hydrogen) atoms. The van der Waals surface area contributed by atoms with Gasteiger partial charge in [0, 0.05) is 6.61 Å². The third-order valence-electron chi connectivity index (χ3n) is 3.43. The summed E-state index contributed by atoms with van der Waals surface area (Å²) >= 11 is 0. The van der Waals surface area contributed by atoms with Gasteiger partial charge < -0.3 is 9.84 Å². The van der Waals surface area contributed by atoms with Gasteiger partial charge in [0.15, 0.2) is 0 Å². The van der Waals surface area contributed by atoms with Crippen molar-refractivity contribution in [3.05, 3.63) is 0 Å². The molecule has 3 heteroatoms. The molecular formula is C13H24O3. The lowest BCUT2D eigenvalue weighted by Gasteiger charge is -2.18. The molecule has 0 aromatic rings. The number of ether oxygens (including phenoxy) is 1. The fourth-order valence-corrected chi connectivity index (χ4v) is 2.08. The third kappa shape index (κ3) is 4.52. The third-order valence-corrected chi connectivity index (χ3v) is 3.43. The second kappa shape index (κ2) is 6.24. The quantitative estimate of drug-likeness (QED) is 0.680. The molecule has 0 aromatic carbocycles. The maximum absolute atomic E-state index is 10.9. The molecule has 1 rings (SSSR count). The minimum absolute atomic E-state index is 0.479. The molecule has 1 aliphatic rings.